The molecule has 3 rings (SSSR count). The first kappa shape index (κ1) is 32.9. The van der Waals surface area contributed by atoms with Crippen molar-refractivity contribution in [2.45, 2.75) is 169 Å². The van der Waals surface area contributed by atoms with Gasteiger partial charge in [-0.05, 0) is 89.2 Å². The van der Waals surface area contributed by atoms with Crippen LogP contribution in [0.3, 0.4) is 0 Å². The molecular weight excluding hydrogens is 480 g/mol. The first-order valence-electron chi connectivity index (χ1n) is 17.6. The van der Waals surface area contributed by atoms with Crippen molar-refractivity contribution < 1.29 is 0 Å². The van der Waals surface area contributed by atoms with Crippen LogP contribution in [0, 0.1) is 11.8 Å². The Morgan fingerprint density at radius 2 is 1.20 bits per heavy atom. The lowest BCUT2D eigenvalue weighted by atomic mass is 9.64. The smallest absolute Gasteiger partial charge is 0.0220 e. The highest BCUT2D eigenvalue weighted by Gasteiger charge is 2.46. The van der Waals surface area contributed by atoms with E-state index >= 15 is 0 Å². The molecule has 2 aromatic carbocycles. The molecule has 0 fully saturated rings. The fourth-order valence-corrected chi connectivity index (χ4v) is 7.93. The lowest BCUT2D eigenvalue weighted by molar-refractivity contribution is 0.265. The topological polar surface area (TPSA) is 0 Å². The molecule has 0 heteroatoms. The molecule has 0 bridgehead atoms. The molecule has 0 heterocycles. The summed E-state index contributed by atoms with van der Waals surface area (Å²) in [6.45, 7) is 19.3. The van der Waals surface area contributed by atoms with E-state index in [-0.39, 0.29) is 10.8 Å². The van der Waals surface area contributed by atoms with E-state index in [1.54, 1.807) is 33.4 Å². The standard InChI is InChI=1S/C40H64/c1-9-16-19-31(13-5)29-40(30-32(14-6)20-17-10-2)37-27-33(21-18-11-3)22-24-35(37)36-25-23-34(28-38(36)40)39(8,15-7)26-12-4/h22-25,27-28,31-32H,9-21,26,29-30H2,1-8H3. The van der Waals surface area contributed by atoms with E-state index in [1.165, 1.54) is 103 Å². The van der Waals surface area contributed by atoms with E-state index in [9.17, 15) is 0 Å². The Balaban J connectivity index is 2.28. The van der Waals surface area contributed by atoms with Gasteiger partial charge in [-0.2, -0.15) is 0 Å². The summed E-state index contributed by atoms with van der Waals surface area (Å²) in [4.78, 5) is 0. The van der Waals surface area contributed by atoms with Crippen molar-refractivity contribution in [2.24, 2.45) is 11.8 Å². The molecule has 0 N–H and O–H groups in total. The molecule has 1 aliphatic carbocycles. The van der Waals surface area contributed by atoms with Gasteiger partial charge in [0, 0.05) is 5.41 Å². The summed E-state index contributed by atoms with van der Waals surface area (Å²) in [5, 5.41) is 0. The molecule has 0 radical (unpaired) electrons. The third-order valence-corrected chi connectivity index (χ3v) is 10.9. The van der Waals surface area contributed by atoms with E-state index in [0.717, 1.165) is 11.8 Å². The van der Waals surface area contributed by atoms with Crippen molar-refractivity contribution in [1.82, 2.24) is 0 Å². The van der Waals surface area contributed by atoms with Gasteiger partial charge in [0.2, 0.25) is 0 Å². The molecule has 0 amide bonds. The molecule has 2 aromatic rings. The van der Waals surface area contributed by atoms with E-state index in [1.807, 2.05) is 0 Å². The normalized spacial score (nSPS) is 19.2. The monoisotopic (exact) mass is 545 g/mol. The molecule has 0 saturated carbocycles. The zero-order valence-corrected chi connectivity index (χ0v) is 27.9. The number of aryl methyl sites for hydroxylation is 1. The minimum Gasteiger partial charge on any atom is -0.0654 e. The molecule has 224 valence electrons. The highest BCUT2D eigenvalue weighted by atomic mass is 14.5. The van der Waals surface area contributed by atoms with Gasteiger partial charge < -0.3 is 0 Å². The Labute approximate surface area is 250 Å². The van der Waals surface area contributed by atoms with Crippen molar-refractivity contribution in [2.75, 3.05) is 0 Å². The van der Waals surface area contributed by atoms with Gasteiger partial charge in [0.25, 0.3) is 0 Å². The summed E-state index contributed by atoms with van der Waals surface area (Å²) in [6, 6.07) is 15.4. The molecule has 0 nitrogen and oxygen atoms in total. The molecule has 3 atom stereocenters. The van der Waals surface area contributed by atoms with Crippen LogP contribution in [-0.2, 0) is 17.3 Å². The zero-order valence-electron chi connectivity index (χ0n) is 27.9. The van der Waals surface area contributed by atoms with Gasteiger partial charge in [-0.1, -0.05) is 156 Å². The lowest BCUT2D eigenvalue weighted by Gasteiger charge is -2.39. The predicted molar refractivity (Wildman–Crippen MR) is 180 cm³/mol. The molecule has 0 aliphatic heterocycles. The van der Waals surface area contributed by atoms with Gasteiger partial charge in [-0.25, -0.2) is 0 Å². The molecular formula is C40H64. The number of hydrogen-bond acceptors (Lipinski definition) is 0. The van der Waals surface area contributed by atoms with Crippen LogP contribution in [0.4, 0.5) is 0 Å². The Morgan fingerprint density at radius 3 is 1.70 bits per heavy atom. The average Bonchev–Trinajstić information content (AvgIpc) is 3.24. The maximum atomic E-state index is 2.74. The largest absolute Gasteiger partial charge is 0.0654 e. The first-order chi connectivity index (χ1) is 19.4. The molecule has 3 unspecified atom stereocenters. The van der Waals surface area contributed by atoms with Crippen LogP contribution in [0.25, 0.3) is 11.1 Å². The molecule has 0 aromatic heterocycles. The van der Waals surface area contributed by atoms with Gasteiger partial charge >= 0.3 is 0 Å². The Kier molecular flexibility index (Phi) is 12.9. The molecule has 40 heavy (non-hydrogen) atoms. The van der Waals surface area contributed by atoms with E-state index in [0.29, 0.717) is 0 Å². The van der Waals surface area contributed by atoms with Crippen LogP contribution in [0.15, 0.2) is 36.4 Å². The van der Waals surface area contributed by atoms with Crippen LogP contribution in [0.5, 0.6) is 0 Å². The number of fused-ring (bicyclic) bond motifs is 3. The second kappa shape index (κ2) is 15.6. The summed E-state index contributed by atoms with van der Waals surface area (Å²) in [5.74, 6) is 1.58. The first-order valence-corrected chi connectivity index (χ1v) is 17.6. The average molecular weight is 545 g/mol. The molecule has 0 spiro atoms. The molecule has 1 aliphatic rings. The number of unbranched alkanes of at least 4 members (excludes halogenated alkanes) is 3. The Bertz CT molecular complexity index is 1010. The third kappa shape index (κ3) is 7.25. The van der Waals surface area contributed by atoms with Crippen molar-refractivity contribution in [1.29, 1.82) is 0 Å². The lowest BCUT2D eigenvalue weighted by Crippen LogP contribution is -2.32. The Morgan fingerprint density at radius 1 is 0.650 bits per heavy atom. The predicted octanol–water partition coefficient (Wildman–Crippen LogP) is 13.0. The highest BCUT2D eigenvalue weighted by molar-refractivity contribution is 5.82. The summed E-state index contributed by atoms with van der Waals surface area (Å²) < 4.78 is 0. The molecule has 0 saturated heterocycles. The minimum atomic E-state index is 0.145. The van der Waals surface area contributed by atoms with Crippen LogP contribution in [0.2, 0.25) is 0 Å². The zero-order chi connectivity index (χ0) is 29.2. The number of rotatable bonds is 19. The SMILES string of the molecule is CCCCc1ccc2c(c1)C(CC(CC)CCCC)(CC(CC)CCCC)c1cc(C(C)(CC)CCC)ccc1-2. The van der Waals surface area contributed by atoms with Gasteiger partial charge in [-0.3, -0.25) is 0 Å². The highest BCUT2D eigenvalue weighted by Crippen LogP contribution is 2.57. The fraction of sp³-hybridized carbons (Fsp3) is 0.700. The minimum absolute atomic E-state index is 0.145. The Hall–Kier alpha value is -1.56. The maximum Gasteiger partial charge on any atom is 0.0220 e. The fourth-order valence-electron chi connectivity index (χ4n) is 7.93. The van der Waals surface area contributed by atoms with Crippen molar-refractivity contribution >= 4 is 0 Å². The summed E-state index contributed by atoms with van der Waals surface area (Å²) in [6.07, 6.45) is 20.8. The van der Waals surface area contributed by atoms with Crippen LogP contribution in [0.1, 0.15) is 174 Å². The van der Waals surface area contributed by atoms with Gasteiger partial charge in [0.1, 0.15) is 0 Å². The van der Waals surface area contributed by atoms with Crippen molar-refractivity contribution in [3.63, 3.8) is 0 Å². The van der Waals surface area contributed by atoms with Gasteiger partial charge in [0.15, 0.2) is 0 Å². The second-order valence-electron chi connectivity index (χ2n) is 13.7. The third-order valence-electron chi connectivity index (χ3n) is 10.9. The van der Waals surface area contributed by atoms with Gasteiger partial charge in [-0.15, -0.1) is 0 Å². The van der Waals surface area contributed by atoms with Crippen LogP contribution < -0.4 is 0 Å². The van der Waals surface area contributed by atoms with Crippen LogP contribution in [-0.4, -0.2) is 0 Å². The summed E-state index contributed by atoms with van der Waals surface area (Å²) >= 11 is 0. The van der Waals surface area contributed by atoms with Gasteiger partial charge in [0.05, 0.1) is 0 Å². The number of benzene rings is 2. The van der Waals surface area contributed by atoms with E-state index in [2.05, 4.69) is 91.8 Å². The maximum absolute atomic E-state index is 2.74. The van der Waals surface area contributed by atoms with E-state index in [4.69, 9.17) is 0 Å². The summed E-state index contributed by atoms with van der Waals surface area (Å²) in [7, 11) is 0. The van der Waals surface area contributed by atoms with Crippen LogP contribution >= 0.6 is 0 Å². The quantitative estimate of drug-likeness (QED) is 0.165. The summed E-state index contributed by atoms with van der Waals surface area (Å²) in [5.41, 5.74) is 10.0. The van der Waals surface area contributed by atoms with E-state index < -0.39 is 0 Å². The van der Waals surface area contributed by atoms with Crippen molar-refractivity contribution in [3.05, 3.63) is 58.7 Å². The number of hydrogen-bond donors (Lipinski definition) is 0. The van der Waals surface area contributed by atoms with Crippen molar-refractivity contribution in [3.8, 4) is 11.1 Å². The second-order valence-corrected chi connectivity index (χ2v) is 13.7.